The van der Waals surface area contributed by atoms with Gasteiger partial charge in [0, 0.05) is 12.0 Å². The number of hydrogen-bond acceptors (Lipinski definition) is 3. The van der Waals surface area contributed by atoms with E-state index in [-0.39, 0.29) is 24.2 Å². The zero-order chi connectivity index (χ0) is 19.7. The first-order valence-corrected chi connectivity index (χ1v) is 10.2. The lowest BCUT2D eigenvalue weighted by Gasteiger charge is -2.38. The van der Waals surface area contributed by atoms with Crippen molar-refractivity contribution in [3.05, 3.63) is 58.7 Å². The van der Waals surface area contributed by atoms with E-state index < -0.39 is 0 Å². The van der Waals surface area contributed by atoms with Gasteiger partial charge in [0.15, 0.2) is 6.61 Å². The molecule has 148 valence electrons. The van der Waals surface area contributed by atoms with Crippen LogP contribution in [0.2, 0.25) is 0 Å². The number of hydrogen-bond donors (Lipinski definition) is 1. The second kappa shape index (κ2) is 7.50. The van der Waals surface area contributed by atoms with Crippen molar-refractivity contribution in [2.24, 2.45) is 0 Å². The van der Waals surface area contributed by atoms with Crippen molar-refractivity contribution >= 4 is 5.91 Å². The van der Waals surface area contributed by atoms with Crippen LogP contribution in [0, 0.1) is 6.92 Å². The fourth-order valence-corrected chi connectivity index (χ4v) is 4.36. The molecule has 0 bridgehead atoms. The predicted octanol–water partition coefficient (Wildman–Crippen LogP) is 4.67. The van der Waals surface area contributed by atoms with E-state index in [1.807, 2.05) is 24.3 Å². The summed E-state index contributed by atoms with van der Waals surface area (Å²) in [6.07, 6.45) is 5.29. The molecule has 2 aliphatic rings. The van der Waals surface area contributed by atoms with Gasteiger partial charge in [0.2, 0.25) is 0 Å². The largest absolute Gasteiger partial charge is 0.487 e. The summed E-state index contributed by atoms with van der Waals surface area (Å²) in [6.45, 7) is 6.21. The van der Waals surface area contributed by atoms with E-state index in [2.05, 4.69) is 38.2 Å². The third-order valence-electron chi connectivity index (χ3n) is 5.67. The van der Waals surface area contributed by atoms with Gasteiger partial charge < -0.3 is 14.8 Å². The molecule has 1 heterocycles. The average molecular weight is 380 g/mol. The smallest absolute Gasteiger partial charge is 0.258 e. The number of carbonyl (C=O) groups excluding carboxylic acids is 1. The predicted molar refractivity (Wildman–Crippen MR) is 110 cm³/mol. The molecule has 4 nitrogen and oxygen atoms in total. The van der Waals surface area contributed by atoms with E-state index >= 15 is 0 Å². The molecule has 2 aromatic carbocycles. The highest BCUT2D eigenvalue weighted by Gasteiger charge is 2.34. The number of fused-ring (bicyclic) bond motifs is 2. The first kappa shape index (κ1) is 18.9. The summed E-state index contributed by atoms with van der Waals surface area (Å²) in [5.74, 6) is 1.62. The van der Waals surface area contributed by atoms with E-state index in [1.165, 1.54) is 24.0 Å². The lowest BCUT2D eigenvalue weighted by Crippen LogP contribution is -2.42. The van der Waals surface area contributed by atoms with Gasteiger partial charge in [0.25, 0.3) is 5.91 Å². The molecule has 0 saturated heterocycles. The van der Waals surface area contributed by atoms with Crippen molar-refractivity contribution in [1.82, 2.24) is 5.32 Å². The second-order valence-corrected chi connectivity index (χ2v) is 8.62. The Morgan fingerprint density at radius 2 is 2.04 bits per heavy atom. The second-order valence-electron chi connectivity index (χ2n) is 8.62. The molecule has 1 aliphatic heterocycles. The Balaban J connectivity index is 1.45. The summed E-state index contributed by atoms with van der Waals surface area (Å²) in [7, 11) is 0. The highest BCUT2D eigenvalue weighted by Crippen LogP contribution is 2.39. The maximum absolute atomic E-state index is 12.7. The number of ether oxygens (including phenoxy) is 2. The van der Waals surface area contributed by atoms with Crippen LogP contribution in [0.4, 0.5) is 0 Å². The van der Waals surface area contributed by atoms with E-state index in [0.717, 1.165) is 41.9 Å². The topological polar surface area (TPSA) is 47.6 Å². The van der Waals surface area contributed by atoms with Gasteiger partial charge >= 0.3 is 0 Å². The molecule has 1 atom stereocenters. The van der Waals surface area contributed by atoms with Gasteiger partial charge in [-0.3, -0.25) is 4.79 Å². The highest BCUT2D eigenvalue weighted by molar-refractivity contribution is 5.78. The highest BCUT2D eigenvalue weighted by atomic mass is 16.5. The number of carbonyl (C=O) groups is 1. The Morgan fingerprint density at radius 1 is 1.21 bits per heavy atom. The number of aryl methyl sites for hydroxylation is 2. The average Bonchev–Trinajstić information content (AvgIpc) is 2.66. The van der Waals surface area contributed by atoms with Crippen molar-refractivity contribution in [1.29, 1.82) is 0 Å². The van der Waals surface area contributed by atoms with Crippen LogP contribution in [0.3, 0.4) is 0 Å². The van der Waals surface area contributed by atoms with E-state index in [1.54, 1.807) is 0 Å². The maximum atomic E-state index is 12.7. The summed E-state index contributed by atoms with van der Waals surface area (Å²) in [4.78, 5) is 12.7. The number of amides is 1. The number of rotatable bonds is 4. The van der Waals surface area contributed by atoms with Gasteiger partial charge in [0.05, 0.1) is 6.04 Å². The van der Waals surface area contributed by atoms with Crippen LogP contribution in [0.5, 0.6) is 11.5 Å². The van der Waals surface area contributed by atoms with Crippen LogP contribution in [-0.2, 0) is 17.6 Å². The molecular formula is C24H29NO3. The van der Waals surface area contributed by atoms with Crippen molar-refractivity contribution in [2.75, 3.05) is 6.61 Å². The van der Waals surface area contributed by atoms with Crippen LogP contribution in [-0.4, -0.2) is 18.1 Å². The van der Waals surface area contributed by atoms with Crippen molar-refractivity contribution in [3.63, 3.8) is 0 Å². The summed E-state index contributed by atoms with van der Waals surface area (Å²) in [5, 5.41) is 3.16. The minimum absolute atomic E-state index is 0.0371. The quantitative estimate of drug-likeness (QED) is 0.840. The minimum atomic E-state index is -0.320. The first-order chi connectivity index (χ1) is 13.4. The first-order valence-electron chi connectivity index (χ1n) is 10.2. The lowest BCUT2D eigenvalue weighted by atomic mass is 9.89. The Morgan fingerprint density at radius 3 is 2.89 bits per heavy atom. The minimum Gasteiger partial charge on any atom is -0.487 e. The van der Waals surface area contributed by atoms with Gasteiger partial charge in [-0.1, -0.05) is 29.8 Å². The SMILES string of the molecule is Cc1ccc2c(c1)[C@@H](NC(=O)COc1cccc3c1CCCC3)CC(C)(C)O2. The Labute approximate surface area is 167 Å². The number of benzene rings is 2. The monoisotopic (exact) mass is 379 g/mol. The standard InChI is InChI=1S/C24H29NO3/c1-16-11-12-22-19(13-16)20(14-24(2,3)28-22)25-23(26)15-27-21-10-6-8-17-7-4-5-9-18(17)21/h6,8,10-13,20H,4-5,7,9,14-15H2,1-3H3,(H,25,26)/t20-/m0/s1. The van der Waals surface area contributed by atoms with Crippen molar-refractivity contribution in [3.8, 4) is 11.5 Å². The Kier molecular flexibility index (Phi) is 5.05. The van der Waals surface area contributed by atoms with Gasteiger partial charge in [-0.2, -0.15) is 0 Å². The molecule has 0 unspecified atom stereocenters. The Hall–Kier alpha value is -2.49. The maximum Gasteiger partial charge on any atom is 0.258 e. The molecule has 28 heavy (non-hydrogen) atoms. The van der Waals surface area contributed by atoms with Gasteiger partial charge in [0.1, 0.15) is 17.1 Å². The van der Waals surface area contributed by atoms with Crippen LogP contribution in [0.15, 0.2) is 36.4 Å². The molecule has 2 aromatic rings. The zero-order valence-electron chi connectivity index (χ0n) is 17.0. The van der Waals surface area contributed by atoms with Crippen molar-refractivity contribution in [2.45, 2.75) is 64.5 Å². The normalized spacial score (nSPS) is 19.8. The summed E-state index contributed by atoms with van der Waals surface area (Å²) >= 11 is 0. The van der Waals surface area contributed by atoms with Crippen LogP contribution in [0.25, 0.3) is 0 Å². The lowest BCUT2D eigenvalue weighted by molar-refractivity contribution is -0.124. The molecular weight excluding hydrogens is 350 g/mol. The molecule has 4 rings (SSSR count). The number of nitrogens with one attached hydrogen (secondary N) is 1. The third-order valence-corrected chi connectivity index (χ3v) is 5.67. The molecule has 4 heteroatoms. The third kappa shape index (κ3) is 4.01. The fourth-order valence-electron chi connectivity index (χ4n) is 4.36. The molecule has 0 aromatic heterocycles. The van der Waals surface area contributed by atoms with E-state index in [0.29, 0.717) is 0 Å². The summed E-state index contributed by atoms with van der Waals surface area (Å²) in [5.41, 5.74) is 4.52. The molecule has 1 amide bonds. The summed E-state index contributed by atoms with van der Waals surface area (Å²) in [6, 6.07) is 12.2. The molecule has 0 saturated carbocycles. The van der Waals surface area contributed by atoms with Crippen LogP contribution < -0.4 is 14.8 Å². The summed E-state index contributed by atoms with van der Waals surface area (Å²) < 4.78 is 12.0. The Bertz CT molecular complexity index is 887. The molecule has 1 N–H and O–H groups in total. The van der Waals surface area contributed by atoms with Crippen molar-refractivity contribution < 1.29 is 14.3 Å². The van der Waals surface area contributed by atoms with Crippen LogP contribution in [0.1, 0.15) is 61.4 Å². The molecule has 0 spiro atoms. The van der Waals surface area contributed by atoms with Gasteiger partial charge in [-0.15, -0.1) is 0 Å². The van der Waals surface area contributed by atoms with Gasteiger partial charge in [-0.05, 0) is 69.7 Å². The van der Waals surface area contributed by atoms with Gasteiger partial charge in [-0.25, -0.2) is 0 Å². The fraction of sp³-hybridized carbons (Fsp3) is 0.458. The van der Waals surface area contributed by atoms with E-state index in [9.17, 15) is 4.79 Å². The van der Waals surface area contributed by atoms with E-state index in [4.69, 9.17) is 9.47 Å². The molecule has 0 radical (unpaired) electrons. The molecule has 0 fully saturated rings. The zero-order valence-corrected chi connectivity index (χ0v) is 17.0. The van der Waals surface area contributed by atoms with Crippen LogP contribution >= 0.6 is 0 Å². The molecule has 1 aliphatic carbocycles.